The van der Waals surface area contributed by atoms with E-state index in [2.05, 4.69) is 24.3 Å². The first-order valence-electron chi connectivity index (χ1n) is 16.7. The monoisotopic (exact) mass is 613 g/mol. The van der Waals surface area contributed by atoms with Gasteiger partial charge in [-0.3, -0.25) is 13.9 Å². The Kier molecular flexibility index (Phi) is 8.59. The lowest BCUT2D eigenvalue weighted by molar-refractivity contribution is -0.163. The zero-order valence-corrected chi connectivity index (χ0v) is 26.4. The molecule has 45 heavy (non-hydrogen) atoms. The van der Waals surface area contributed by atoms with Gasteiger partial charge in [-0.05, 0) is 94.7 Å². The Labute approximate surface area is 263 Å². The van der Waals surface area contributed by atoms with Crippen LogP contribution in [-0.2, 0) is 29.1 Å². The third-order valence-electron chi connectivity index (χ3n) is 9.41. The number of benzene rings is 1. The van der Waals surface area contributed by atoms with Gasteiger partial charge in [0.2, 0.25) is 5.88 Å². The second-order valence-corrected chi connectivity index (χ2v) is 12.7. The van der Waals surface area contributed by atoms with Crippen LogP contribution in [0.1, 0.15) is 87.4 Å². The molecule has 0 radical (unpaired) electrons. The fraction of sp³-hybridized carbons (Fsp3) is 0.543. The van der Waals surface area contributed by atoms with Gasteiger partial charge in [0.1, 0.15) is 11.9 Å². The third kappa shape index (κ3) is 6.22. The van der Waals surface area contributed by atoms with E-state index in [0.717, 1.165) is 48.9 Å². The zero-order valence-electron chi connectivity index (χ0n) is 26.4. The Morgan fingerprint density at radius 3 is 2.40 bits per heavy atom. The molecule has 10 nitrogen and oxygen atoms in total. The summed E-state index contributed by atoms with van der Waals surface area (Å²) in [5.74, 6) is 1.89. The Morgan fingerprint density at radius 2 is 1.73 bits per heavy atom. The molecule has 1 aliphatic heterocycles. The van der Waals surface area contributed by atoms with E-state index in [1.165, 1.54) is 29.4 Å². The molecule has 0 spiro atoms. The van der Waals surface area contributed by atoms with Crippen LogP contribution in [0.2, 0.25) is 0 Å². The maximum absolute atomic E-state index is 14.2. The third-order valence-corrected chi connectivity index (χ3v) is 9.41. The summed E-state index contributed by atoms with van der Waals surface area (Å²) < 4.78 is 22.6. The van der Waals surface area contributed by atoms with Gasteiger partial charge in [0.15, 0.2) is 17.5 Å². The van der Waals surface area contributed by atoms with E-state index in [1.807, 2.05) is 30.5 Å². The maximum Gasteiger partial charge on any atom is 0.332 e. The van der Waals surface area contributed by atoms with Gasteiger partial charge < -0.3 is 18.8 Å². The molecular formula is C35H43N5O5. The minimum atomic E-state index is -0.354. The number of aryl methyl sites for hydroxylation is 2. The van der Waals surface area contributed by atoms with Crippen LogP contribution in [-0.4, -0.2) is 49.3 Å². The molecule has 3 fully saturated rings. The normalized spacial score (nSPS) is 18.8. The predicted molar refractivity (Wildman–Crippen MR) is 172 cm³/mol. The van der Waals surface area contributed by atoms with Crippen molar-refractivity contribution in [1.82, 2.24) is 23.7 Å². The molecule has 1 unspecified atom stereocenters. The molecule has 10 heteroatoms. The van der Waals surface area contributed by atoms with E-state index >= 15 is 0 Å². The molecule has 4 aromatic rings. The number of imidazole rings is 1. The van der Waals surface area contributed by atoms with E-state index in [1.54, 1.807) is 4.57 Å². The van der Waals surface area contributed by atoms with Gasteiger partial charge >= 0.3 is 5.69 Å². The van der Waals surface area contributed by atoms with Gasteiger partial charge in [0.05, 0.1) is 12.3 Å². The molecule has 3 aliphatic rings. The summed E-state index contributed by atoms with van der Waals surface area (Å²) in [6, 6.07) is 12.5. The van der Waals surface area contributed by atoms with Gasteiger partial charge in [-0.2, -0.15) is 0 Å². The maximum atomic E-state index is 14.2. The van der Waals surface area contributed by atoms with Gasteiger partial charge in [-0.15, -0.1) is 0 Å². The number of hydrogen-bond donors (Lipinski definition) is 0. The lowest BCUT2D eigenvalue weighted by Crippen LogP contribution is -2.40. The summed E-state index contributed by atoms with van der Waals surface area (Å²) >= 11 is 0. The number of aromatic nitrogens is 5. The van der Waals surface area contributed by atoms with Crippen LogP contribution in [0.4, 0.5) is 0 Å². The summed E-state index contributed by atoms with van der Waals surface area (Å²) in [6.07, 6.45) is 9.35. The Hall–Kier alpha value is -3.76. The highest BCUT2D eigenvalue weighted by molar-refractivity contribution is 5.78. The van der Waals surface area contributed by atoms with Crippen LogP contribution < -0.4 is 16.0 Å². The SMILES string of the molecule is CCn1c(=O)n(CCCOC2CCCCO2)c(=O)c2c1nc(-c1ccc(OC3CCC3)nc1C)n2Cc1ccc(C2CC2)cc1. The zero-order chi connectivity index (χ0) is 30.9. The molecule has 0 bridgehead atoms. The van der Waals surface area contributed by atoms with Crippen molar-refractivity contribution in [3.05, 3.63) is 74.1 Å². The molecule has 238 valence electrons. The van der Waals surface area contributed by atoms with Crippen molar-refractivity contribution in [3.63, 3.8) is 0 Å². The van der Waals surface area contributed by atoms with E-state index < -0.39 is 0 Å². The highest BCUT2D eigenvalue weighted by Gasteiger charge is 2.26. The smallest absolute Gasteiger partial charge is 0.332 e. The molecule has 1 saturated heterocycles. The number of nitrogens with zero attached hydrogens (tertiary/aromatic N) is 5. The van der Waals surface area contributed by atoms with E-state index in [0.29, 0.717) is 61.5 Å². The molecule has 2 aliphatic carbocycles. The first-order valence-corrected chi connectivity index (χ1v) is 16.7. The van der Waals surface area contributed by atoms with Crippen LogP contribution in [0.15, 0.2) is 46.0 Å². The first kappa shape index (κ1) is 29.9. The van der Waals surface area contributed by atoms with E-state index in [9.17, 15) is 9.59 Å². The number of ether oxygens (including phenoxy) is 3. The molecule has 1 aromatic carbocycles. The summed E-state index contributed by atoms with van der Waals surface area (Å²) in [4.78, 5) is 37.7. The fourth-order valence-electron chi connectivity index (χ4n) is 6.41. The van der Waals surface area contributed by atoms with Crippen molar-refractivity contribution in [2.24, 2.45) is 0 Å². The standard InChI is InChI=1S/C35H43N5O5/c1-3-38-33-31(34(41)39(35(38)42)19-7-21-44-30-10-4-5-20-43-30)40(22-24-11-13-25(14-12-24)26-15-16-26)32(37-33)28-17-18-29(36-23(28)2)45-27-8-6-9-27/h11-14,17-18,26-27,30H,3-10,15-16,19-22H2,1-2H3. The molecule has 0 amide bonds. The number of rotatable bonds is 12. The highest BCUT2D eigenvalue weighted by atomic mass is 16.7. The van der Waals surface area contributed by atoms with Crippen LogP contribution >= 0.6 is 0 Å². The molecule has 7 rings (SSSR count). The second-order valence-electron chi connectivity index (χ2n) is 12.7. The minimum Gasteiger partial charge on any atom is -0.474 e. The summed E-state index contributed by atoms with van der Waals surface area (Å²) in [6.45, 7) is 6.06. The molecule has 1 atom stereocenters. The van der Waals surface area contributed by atoms with Gasteiger partial charge in [0, 0.05) is 37.9 Å². The number of hydrogen-bond acceptors (Lipinski definition) is 7. The topological polar surface area (TPSA) is 102 Å². The van der Waals surface area contributed by atoms with Crippen LogP contribution in [0.5, 0.6) is 5.88 Å². The van der Waals surface area contributed by atoms with Crippen molar-refractivity contribution < 1.29 is 14.2 Å². The number of fused-ring (bicyclic) bond motifs is 1. The van der Waals surface area contributed by atoms with Crippen LogP contribution in [0, 0.1) is 6.92 Å². The van der Waals surface area contributed by atoms with Crippen molar-refractivity contribution in [2.75, 3.05) is 13.2 Å². The minimum absolute atomic E-state index is 0.206. The molecule has 2 saturated carbocycles. The lowest BCUT2D eigenvalue weighted by Gasteiger charge is -2.25. The molecule has 4 heterocycles. The van der Waals surface area contributed by atoms with E-state index in [-0.39, 0.29) is 30.2 Å². The molecular weight excluding hydrogens is 570 g/mol. The first-order chi connectivity index (χ1) is 22.0. The average molecular weight is 614 g/mol. The number of pyridine rings is 1. The Bertz CT molecular complexity index is 1780. The highest BCUT2D eigenvalue weighted by Crippen LogP contribution is 2.40. The average Bonchev–Trinajstić information content (AvgIpc) is 3.82. The lowest BCUT2D eigenvalue weighted by atomic mass is 9.96. The second kappa shape index (κ2) is 12.9. The van der Waals surface area contributed by atoms with Crippen LogP contribution in [0.25, 0.3) is 22.6 Å². The van der Waals surface area contributed by atoms with Gasteiger partial charge in [-0.25, -0.2) is 14.8 Å². The largest absolute Gasteiger partial charge is 0.474 e. The van der Waals surface area contributed by atoms with E-state index in [4.69, 9.17) is 24.2 Å². The Morgan fingerprint density at radius 1 is 0.911 bits per heavy atom. The summed E-state index contributed by atoms with van der Waals surface area (Å²) in [5, 5.41) is 0. The van der Waals surface area contributed by atoms with Crippen molar-refractivity contribution >= 4 is 11.2 Å². The molecule has 3 aromatic heterocycles. The molecule has 0 N–H and O–H groups in total. The van der Waals surface area contributed by atoms with Crippen molar-refractivity contribution in [2.45, 2.75) is 110 Å². The van der Waals surface area contributed by atoms with Crippen molar-refractivity contribution in [1.29, 1.82) is 0 Å². The van der Waals surface area contributed by atoms with Gasteiger partial charge in [0.25, 0.3) is 5.56 Å². The summed E-state index contributed by atoms with van der Waals surface area (Å²) in [7, 11) is 0. The Balaban J connectivity index is 1.27. The fourth-order valence-corrected chi connectivity index (χ4v) is 6.41. The van der Waals surface area contributed by atoms with Crippen molar-refractivity contribution in [3.8, 4) is 17.3 Å². The predicted octanol–water partition coefficient (Wildman–Crippen LogP) is 5.54. The quantitative estimate of drug-likeness (QED) is 0.193. The van der Waals surface area contributed by atoms with Gasteiger partial charge in [-0.1, -0.05) is 24.3 Å². The van der Waals surface area contributed by atoms with Crippen LogP contribution in [0.3, 0.4) is 0 Å². The summed E-state index contributed by atoms with van der Waals surface area (Å²) in [5.41, 5.74) is 4.13.